The molecule has 1 aromatic carbocycles. The van der Waals surface area contributed by atoms with Gasteiger partial charge in [0.1, 0.15) is 11.7 Å². The summed E-state index contributed by atoms with van der Waals surface area (Å²) in [5, 5.41) is 17.9. The molecular weight excluding hydrogens is 390 g/mol. The van der Waals surface area contributed by atoms with E-state index < -0.39 is 17.9 Å². The Hall–Kier alpha value is -3.76. The lowest BCUT2D eigenvalue weighted by atomic mass is 10.1. The second kappa shape index (κ2) is 8.72. The predicted octanol–water partition coefficient (Wildman–Crippen LogP) is 0.288. The Morgan fingerprint density at radius 3 is 2.70 bits per heavy atom. The first-order valence-corrected chi connectivity index (χ1v) is 9.54. The number of benzene rings is 1. The number of nitrogen functional groups attached to an aromatic ring is 1. The van der Waals surface area contributed by atoms with E-state index in [0.29, 0.717) is 36.6 Å². The molecular formula is C19H25N7O4. The number of fused-ring (bicyclic) bond motifs is 1. The van der Waals surface area contributed by atoms with Crippen LogP contribution in [-0.4, -0.2) is 59.2 Å². The van der Waals surface area contributed by atoms with Crippen molar-refractivity contribution in [3.05, 3.63) is 40.2 Å². The van der Waals surface area contributed by atoms with Gasteiger partial charge in [-0.25, -0.2) is 4.79 Å². The maximum atomic E-state index is 12.2. The van der Waals surface area contributed by atoms with E-state index in [1.54, 1.807) is 31.2 Å². The van der Waals surface area contributed by atoms with Crippen LogP contribution in [0.2, 0.25) is 0 Å². The van der Waals surface area contributed by atoms with Gasteiger partial charge in [0.25, 0.3) is 11.5 Å². The average Bonchev–Trinajstić information content (AvgIpc) is 2.71. The molecule has 1 aliphatic heterocycles. The summed E-state index contributed by atoms with van der Waals surface area (Å²) in [4.78, 5) is 43.9. The summed E-state index contributed by atoms with van der Waals surface area (Å²) in [6.45, 7) is 2.80. The number of aromatic nitrogens is 2. The number of amides is 1. The van der Waals surface area contributed by atoms with E-state index in [-0.39, 0.29) is 17.5 Å². The van der Waals surface area contributed by atoms with Crippen LogP contribution in [0.3, 0.4) is 0 Å². The molecule has 0 saturated heterocycles. The van der Waals surface area contributed by atoms with Crippen LogP contribution in [0.5, 0.6) is 0 Å². The van der Waals surface area contributed by atoms with Crippen molar-refractivity contribution >= 4 is 35.0 Å². The first kappa shape index (κ1) is 21.0. The van der Waals surface area contributed by atoms with Crippen molar-refractivity contribution in [3.63, 3.8) is 0 Å². The highest BCUT2D eigenvalue weighted by Gasteiger charge is 2.27. The highest BCUT2D eigenvalue weighted by atomic mass is 16.4. The van der Waals surface area contributed by atoms with Gasteiger partial charge in [0, 0.05) is 31.4 Å². The molecule has 0 radical (unpaired) electrons. The molecule has 1 amide bonds. The molecule has 30 heavy (non-hydrogen) atoms. The maximum Gasteiger partial charge on any atom is 0.326 e. The van der Waals surface area contributed by atoms with Crippen molar-refractivity contribution in [2.24, 2.45) is 0 Å². The van der Waals surface area contributed by atoms with E-state index in [4.69, 9.17) is 10.8 Å². The van der Waals surface area contributed by atoms with Gasteiger partial charge in [-0.05, 0) is 30.7 Å². The third kappa shape index (κ3) is 4.45. The Morgan fingerprint density at radius 1 is 1.37 bits per heavy atom. The molecule has 0 fully saturated rings. The molecule has 0 bridgehead atoms. The molecule has 3 rings (SSSR count). The first-order chi connectivity index (χ1) is 14.3. The van der Waals surface area contributed by atoms with E-state index in [1.165, 1.54) is 0 Å². The minimum absolute atomic E-state index is 0.0205. The molecule has 11 heteroatoms. The Labute approximate surface area is 172 Å². The summed E-state index contributed by atoms with van der Waals surface area (Å²) in [7, 11) is 1.82. The number of anilines is 4. The zero-order valence-corrected chi connectivity index (χ0v) is 16.7. The van der Waals surface area contributed by atoms with Gasteiger partial charge in [-0.2, -0.15) is 4.98 Å². The molecule has 7 N–H and O–H groups in total. The molecule has 2 atom stereocenters. The Kier molecular flexibility index (Phi) is 6.09. The largest absolute Gasteiger partial charge is 0.480 e. The monoisotopic (exact) mass is 415 g/mol. The Morgan fingerprint density at radius 2 is 2.07 bits per heavy atom. The lowest BCUT2D eigenvalue weighted by Crippen LogP contribution is -2.48. The molecule has 1 aromatic heterocycles. The standard InChI is InChI=1S/C19H25N7O4/c1-3-13(18(29)30)23-16(27)10-4-6-11(7-5-10)21-8-12-9-22-15-14(26(12)2)17(28)25-19(20)24-15/h4-7,12-13,21H,3,8-9H2,1-2H3,(H,23,27)(H,29,30)(H4,20,22,24,25,28). The molecule has 0 spiro atoms. The van der Waals surface area contributed by atoms with Crippen molar-refractivity contribution in [1.29, 1.82) is 0 Å². The number of rotatable bonds is 7. The molecule has 2 aromatic rings. The molecule has 11 nitrogen and oxygen atoms in total. The van der Waals surface area contributed by atoms with Gasteiger partial charge < -0.3 is 31.7 Å². The predicted molar refractivity (Wildman–Crippen MR) is 114 cm³/mol. The number of aromatic amines is 1. The van der Waals surface area contributed by atoms with E-state index in [0.717, 1.165) is 5.69 Å². The van der Waals surface area contributed by atoms with E-state index in [1.807, 2.05) is 11.9 Å². The normalized spacial score (nSPS) is 16.2. The van der Waals surface area contributed by atoms with Crippen molar-refractivity contribution in [3.8, 4) is 0 Å². The number of carboxylic acid groups (broad SMARTS) is 1. The Bertz CT molecular complexity index is 989. The van der Waals surface area contributed by atoms with Gasteiger partial charge in [0.2, 0.25) is 5.95 Å². The maximum absolute atomic E-state index is 12.2. The van der Waals surface area contributed by atoms with Crippen molar-refractivity contribution in [2.45, 2.75) is 25.4 Å². The number of nitrogens with zero attached hydrogens (tertiary/aromatic N) is 2. The fourth-order valence-corrected chi connectivity index (χ4v) is 3.23. The van der Waals surface area contributed by atoms with Crippen LogP contribution in [-0.2, 0) is 4.79 Å². The number of hydrogen-bond acceptors (Lipinski definition) is 8. The fourth-order valence-electron chi connectivity index (χ4n) is 3.23. The molecule has 0 saturated carbocycles. The molecule has 1 aliphatic rings. The van der Waals surface area contributed by atoms with Gasteiger partial charge in [0.05, 0.1) is 6.04 Å². The van der Waals surface area contributed by atoms with Gasteiger partial charge >= 0.3 is 5.97 Å². The SMILES string of the molecule is CCC(NC(=O)c1ccc(NCC2CNc3nc(N)[nH]c(=O)c3N2C)cc1)C(=O)O. The van der Waals surface area contributed by atoms with Gasteiger partial charge in [-0.3, -0.25) is 14.6 Å². The summed E-state index contributed by atoms with van der Waals surface area (Å²) >= 11 is 0. The lowest BCUT2D eigenvalue weighted by molar-refractivity contribution is -0.139. The van der Waals surface area contributed by atoms with Crippen LogP contribution in [0.4, 0.5) is 23.1 Å². The summed E-state index contributed by atoms with van der Waals surface area (Å²) in [5.41, 5.74) is 6.88. The molecule has 2 unspecified atom stereocenters. The average molecular weight is 415 g/mol. The van der Waals surface area contributed by atoms with Crippen LogP contribution in [0, 0.1) is 0 Å². The highest BCUT2D eigenvalue weighted by Crippen LogP contribution is 2.25. The van der Waals surface area contributed by atoms with Crippen molar-refractivity contribution < 1.29 is 14.7 Å². The van der Waals surface area contributed by atoms with Crippen LogP contribution < -0.4 is 32.1 Å². The highest BCUT2D eigenvalue weighted by molar-refractivity contribution is 5.96. The summed E-state index contributed by atoms with van der Waals surface area (Å²) in [6.07, 6.45) is 0.303. The fraction of sp³-hybridized carbons (Fsp3) is 0.368. The van der Waals surface area contributed by atoms with Crippen LogP contribution in [0.25, 0.3) is 0 Å². The number of likely N-dealkylation sites (N-methyl/N-ethyl adjacent to an activating group) is 1. The number of carbonyl (C=O) groups excluding carboxylic acids is 1. The van der Waals surface area contributed by atoms with E-state index >= 15 is 0 Å². The van der Waals surface area contributed by atoms with Gasteiger partial charge in [-0.1, -0.05) is 6.92 Å². The van der Waals surface area contributed by atoms with E-state index in [9.17, 15) is 14.4 Å². The number of H-pyrrole nitrogens is 1. The molecule has 0 aliphatic carbocycles. The van der Waals surface area contributed by atoms with Crippen LogP contribution in [0.1, 0.15) is 23.7 Å². The number of nitrogens with two attached hydrogens (primary N) is 1. The van der Waals surface area contributed by atoms with Gasteiger partial charge in [-0.15, -0.1) is 0 Å². The first-order valence-electron chi connectivity index (χ1n) is 9.54. The van der Waals surface area contributed by atoms with Crippen molar-refractivity contribution in [2.75, 3.05) is 41.4 Å². The number of nitrogens with one attached hydrogen (secondary N) is 4. The Balaban J connectivity index is 1.61. The zero-order chi connectivity index (χ0) is 21.8. The topological polar surface area (TPSA) is 165 Å². The van der Waals surface area contributed by atoms with Crippen LogP contribution >= 0.6 is 0 Å². The third-order valence-corrected chi connectivity index (χ3v) is 5.02. The number of carboxylic acids is 1. The minimum atomic E-state index is -1.06. The lowest BCUT2D eigenvalue weighted by Gasteiger charge is -2.35. The van der Waals surface area contributed by atoms with Crippen molar-refractivity contribution in [1.82, 2.24) is 15.3 Å². The van der Waals surface area contributed by atoms with Gasteiger partial charge in [0.15, 0.2) is 5.82 Å². The van der Waals surface area contributed by atoms with E-state index in [2.05, 4.69) is 25.9 Å². The molecule has 160 valence electrons. The third-order valence-electron chi connectivity index (χ3n) is 5.02. The molecule has 2 heterocycles. The summed E-state index contributed by atoms with van der Waals surface area (Å²) < 4.78 is 0. The second-order valence-electron chi connectivity index (χ2n) is 7.02. The summed E-state index contributed by atoms with van der Waals surface area (Å²) in [6, 6.07) is 5.81. The second-order valence-corrected chi connectivity index (χ2v) is 7.02. The number of aliphatic carboxylic acids is 1. The minimum Gasteiger partial charge on any atom is -0.480 e. The number of hydrogen-bond donors (Lipinski definition) is 6. The quantitative estimate of drug-likeness (QED) is 0.372. The van der Waals surface area contributed by atoms with Crippen LogP contribution in [0.15, 0.2) is 29.1 Å². The number of carbonyl (C=O) groups is 2. The summed E-state index contributed by atoms with van der Waals surface area (Å²) in [5.74, 6) is -0.978. The zero-order valence-electron chi connectivity index (χ0n) is 16.7. The smallest absolute Gasteiger partial charge is 0.326 e.